The summed E-state index contributed by atoms with van der Waals surface area (Å²) in [5, 5.41) is 11.1. The molecule has 104 valence electrons. The van der Waals surface area contributed by atoms with Crippen LogP contribution in [0.4, 0.5) is 0 Å². The Bertz CT molecular complexity index is 535. The number of hydrogen-bond donors (Lipinski definition) is 1. The van der Waals surface area contributed by atoms with Gasteiger partial charge in [-0.2, -0.15) is 0 Å². The van der Waals surface area contributed by atoms with Crippen molar-refractivity contribution >= 4 is 0 Å². The monoisotopic (exact) mass is 262 g/mol. The lowest BCUT2D eigenvalue weighted by Crippen LogP contribution is -2.48. The Hall–Kier alpha value is -0.900. The summed E-state index contributed by atoms with van der Waals surface area (Å²) in [6.07, 6.45) is 0.687. The maximum atomic E-state index is 11.1. The molecular weight excluding hydrogens is 240 g/mol. The van der Waals surface area contributed by atoms with Crippen molar-refractivity contribution < 1.29 is 14.6 Å². The highest BCUT2D eigenvalue weighted by molar-refractivity contribution is 5.40. The number of aliphatic hydroxyl groups is 1. The number of hydrogen-bond acceptors (Lipinski definition) is 3. The minimum atomic E-state index is -1.36. The van der Waals surface area contributed by atoms with E-state index >= 15 is 0 Å². The summed E-state index contributed by atoms with van der Waals surface area (Å²) >= 11 is 0. The van der Waals surface area contributed by atoms with Gasteiger partial charge in [0.15, 0.2) is 5.79 Å². The standard InChI is InChI=1S/C16H22O3/c1-10(2)15-9-12-7-6-11(3)8-13(12)16(17,19-15)14(4,5)18-15/h6-8,10,17H,9H2,1-5H3. The molecule has 1 aromatic rings. The van der Waals surface area contributed by atoms with Crippen molar-refractivity contribution in [3.05, 3.63) is 34.9 Å². The van der Waals surface area contributed by atoms with Gasteiger partial charge in [-0.25, -0.2) is 0 Å². The second-order valence-corrected chi connectivity index (χ2v) is 6.66. The molecule has 19 heavy (non-hydrogen) atoms. The third-order valence-corrected chi connectivity index (χ3v) is 4.51. The molecule has 1 fully saturated rings. The van der Waals surface area contributed by atoms with Gasteiger partial charge in [0.05, 0.1) is 0 Å². The van der Waals surface area contributed by atoms with Gasteiger partial charge in [0.2, 0.25) is 5.79 Å². The van der Waals surface area contributed by atoms with E-state index in [1.54, 1.807) is 0 Å². The average Bonchev–Trinajstić information content (AvgIpc) is 2.46. The lowest BCUT2D eigenvalue weighted by Gasteiger charge is -2.39. The zero-order valence-corrected chi connectivity index (χ0v) is 12.3. The number of ether oxygens (including phenoxy) is 2. The summed E-state index contributed by atoms with van der Waals surface area (Å²) in [5.41, 5.74) is 2.34. The highest BCUT2D eigenvalue weighted by atomic mass is 16.8. The van der Waals surface area contributed by atoms with Gasteiger partial charge in [-0.3, -0.25) is 0 Å². The molecule has 2 unspecified atom stereocenters. The SMILES string of the molecule is Cc1ccc2c(c1)C1(O)OC(C(C)C)(C2)OC1(C)C. The van der Waals surface area contributed by atoms with Crippen LogP contribution in [-0.4, -0.2) is 16.5 Å². The van der Waals surface area contributed by atoms with Gasteiger partial charge in [0.1, 0.15) is 5.60 Å². The molecule has 1 N–H and O–H groups in total. The molecule has 2 heterocycles. The van der Waals surface area contributed by atoms with E-state index in [0.717, 1.165) is 16.7 Å². The van der Waals surface area contributed by atoms with Crippen LogP contribution in [0, 0.1) is 12.8 Å². The van der Waals surface area contributed by atoms with Crippen LogP contribution in [-0.2, 0) is 21.7 Å². The molecule has 0 radical (unpaired) electrons. The molecule has 0 saturated carbocycles. The first kappa shape index (κ1) is 13.1. The second-order valence-electron chi connectivity index (χ2n) is 6.66. The van der Waals surface area contributed by atoms with E-state index in [9.17, 15) is 5.11 Å². The van der Waals surface area contributed by atoms with E-state index in [1.165, 1.54) is 0 Å². The first-order valence-electron chi connectivity index (χ1n) is 6.93. The number of fused-ring (bicyclic) bond motifs is 4. The van der Waals surface area contributed by atoms with Crippen LogP contribution in [0.5, 0.6) is 0 Å². The predicted octanol–water partition coefficient (Wildman–Crippen LogP) is 2.87. The van der Waals surface area contributed by atoms with Gasteiger partial charge >= 0.3 is 0 Å². The summed E-state index contributed by atoms with van der Waals surface area (Å²) in [7, 11) is 0. The van der Waals surface area contributed by atoms with Crippen LogP contribution in [0.1, 0.15) is 44.4 Å². The first-order valence-corrected chi connectivity index (χ1v) is 6.93. The Morgan fingerprint density at radius 3 is 2.53 bits per heavy atom. The van der Waals surface area contributed by atoms with E-state index in [2.05, 4.69) is 26.0 Å². The summed E-state index contributed by atoms with van der Waals surface area (Å²) in [4.78, 5) is 0. The molecule has 3 nitrogen and oxygen atoms in total. The fraction of sp³-hybridized carbons (Fsp3) is 0.625. The summed E-state index contributed by atoms with van der Waals surface area (Å²) < 4.78 is 12.2. The minimum absolute atomic E-state index is 0.176. The van der Waals surface area contributed by atoms with Crippen LogP contribution in [0.2, 0.25) is 0 Å². The van der Waals surface area contributed by atoms with E-state index in [0.29, 0.717) is 6.42 Å². The van der Waals surface area contributed by atoms with Crippen molar-refractivity contribution in [3.63, 3.8) is 0 Å². The third kappa shape index (κ3) is 1.55. The van der Waals surface area contributed by atoms with Crippen molar-refractivity contribution in [1.29, 1.82) is 0 Å². The molecule has 2 aliphatic heterocycles. The molecule has 0 amide bonds. The minimum Gasteiger partial charge on any atom is -0.359 e. The fourth-order valence-corrected chi connectivity index (χ4v) is 3.21. The van der Waals surface area contributed by atoms with Gasteiger partial charge in [0.25, 0.3) is 0 Å². The van der Waals surface area contributed by atoms with Crippen molar-refractivity contribution in [3.8, 4) is 0 Å². The molecule has 2 aliphatic rings. The number of benzene rings is 1. The smallest absolute Gasteiger partial charge is 0.225 e. The van der Waals surface area contributed by atoms with Crippen molar-refractivity contribution in [1.82, 2.24) is 0 Å². The third-order valence-electron chi connectivity index (χ3n) is 4.51. The van der Waals surface area contributed by atoms with Gasteiger partial charge in [-0.15, -0.1) is 0 Å². The van der Waals surface area contributed by atoms with E-state index < -0.39 is 17.2 Å². The lowest BCUT2D eigenvalue weighted by atomic mass is 9.83. The van der Waals surface area contributed by atoms with Crippen LogP contribution >= 0.6 is 0 Å². The summed E-state index contributed by atoms with van der Waals surface area (Å²) in [6.45, 7) is 9.96. The zero-order valence-electron chi connectivity index (χ0n) is 12.3. The summed E-state index contributed by atoms with van der Waals surface area (Å²) in [6, 6.07) is 6.17. The van der Waals surface area contributed by atoms with Crippen LogP contribution in [0.25, 0.3) is 0 Å². The van der Waals surface area contributed by atoms with E-state index in [4.69, 9.17) is 9.47 Å². The predicted molar refractivity (Wildman–Crippen MR) is 72.6 cm³/mol. The molecule has 3 heteroatoms. The maximum absolute atomic E-state index is 11.1. The van der Waals surface area contributed by atoms with Gasteiger partial charge in [-0.05, 0) is 26.3 Å². The Labute approximate surface area is 114 Å². The molecule has 0 aliphatic carbocycles. The van der Waals surface area contributed by atoms with E-state index in [-0.39, 0.29) is 5.92 Å². The van der Waals surface area contributed by atoms with Gasteiger partial charge < -0.3 is 14.6 Å². The molecule has 1 saturated heterocycles. The Morgan fingerprint density at radius 2 is 1.89 bits per heavy atom. The Kier molecular flexibility index (Phi) is 2.48. The van der Waals surface area contributed by atoms with Gasteiger partial charge in [-0.1, -0.05) is 37.6 Å². The first-order chi connectivity index (χ1) is 8.70. The van der Waals surface area contributed by atoms with E-state index in [1.807, 2.05) is 26.8 Å². The van der Waals surface area contributed by atoms with Crippen molar-refractivity contribution in [2.45, 2.75) is 58.2 Å². The highest BCUT2D eigenvalue weighted by Crippen LogP contribution is 2.56. The topological polar surface area (TPSA) is 38.7 Å². The van der Waals surface area contributed by atoms with Gasteiger partial charge in [0, 0.05) is 17.9 Å². The molecule has 2 bridgehead atoms. The average molecular weight is 262 g/mol. The van der Waals surface area contributed by atoms with Crippen LogP contribution < -0.4 is 0 Å². The van der Waals surface area contributed by atoms with Crippen LogP contribution in [0.3, 0.4) is 0 Å². The Balaban J connectivity index is 2.24. The number of aryl methyl sites for hydroxylation is 1. The van der Waals surface area contributed by atoms with Crippen LogP contribution in [0.15, 0.2) is 18.2 Å². The number of rotatable bonds is 1. The van der Waals surface area contributed by atoms with Crippen molar-refractivity contribution in [2.24, 2.45) is 5.92 Å². The molecule has 0 spiro atoms. The molecule has 2 atom stereocenters. The maximum Gasteiger partial charge on any atom is 0.225 e. The quantitative estimate of drug-likeness (QED) is 0.845. The molecule has 3 rings (SSSR count). The molecule has 1 aromatic carbocycles. The molecule has 0 aromatic heterocycles. The lowest BCUT2D eigenvalue weighted by molar-refractivity contribution is -0.279. The molecular formula is C16H22O3. The largest absolute Gasteiger partial charge is 0.359 e. The Morgan fingerprint density at radius 1 is 1.21 bits per heavy atom. The highest BCUT2D eigenvalue weighted by Gasteiger charge is 2.66. The second kappa shape index (κ2) is 3.60. The summed E-state index contributed by atoms with van der Waals surface area (Å²) in [5.74, 6) is -1.91. The normalized spacial score (nSPS) is 35.5. The zero-order chi connectivity index (χ0) is 14.1. The van der Waals surface area contributed by atoms with Crippen molar-refractivity contribution in [2.75, 3.05) is 0 Å². The fourth-order valence-electron chi connectivity index (χ4n) is 3.21.